The van der Waals surface area contributed by atoms with Crippen LogP contribution < -0.4 is 5.11 Å². The molecule has 0 bridgehead atoms. The molecule has 1 heterocycles. The summed E-state index contributed by atoms with van der Waals surface area (Å²) in [7, 11) is 0. The molecule has 1 aromatic heterocycles. The Morgan fingerprint density at radius 2 is 2.31 bits per heavy atom. The van der Waals surface area contributed by atoms with Crippen LogP contribution in [0.1, 0.15) is 24.2 Å². The molecule has 72 valence electrons. The molecule has 1 rings (SSSR count). The summed E-state index contributed by atoms with van der Waals surface area (Å²) in [5.74, 6) is -0.999. The summed E-state index contributed by atoms with van der Waals surface area (Å²) in [5.41, 5.74) is 2.03. The lowest BCUT2D eigenvalue weighted by Gasteiger charge is -2.04. The maximum absolute atomic E-state index is 10.1. The number of carbonyl (C=O) groups is 1. The number of aliphatic carboxylic acids is 1. The van der Waals surface area contributed by atoms with E-state index >= 15 is 0 Å². The minimum absolute atomic E-state index is 0.0956. The Bertz CT molecular complexity index is 305. The molecule has 4 nitrogen and oxygen atoms in total. The topological polar surface area (TPSA) is 58.0 Å². The summed E-state index contributed by atoms with van der Waals surface area (Å²) in [6.07, 6.45) is 0.669. The number of carboxylic acid groups (broad SMARTS) is 1. The Morgan fingerprint density at radius 1 is 1.62 bits per heavy atom. The van der Waals surface area contributed by atoms with E-state index in [1.165, 1.54) is 0 Å². The minimum atomic E-state index is -0.999. The number of aromatic nitrogens is 2. The van der Waals surface area contributed by atoms with Crippen LogP contribution in [0.4, 0.5) is 0 Å². The fourth-order valence-corrected chi connectivity index (χ4v) is 1.27. The van der Waals surface area contributed by atoms with Gasteiger partial charge in [-0.3, -0.25) is 4.68 Å². The fraction of sp³-hybridized carbons (Fsp3) is 0.556. The molecule has 0 saturated carbocycles. The van der Waals surface area contributed by atoms with Crippen molar-refractivity contribution in [1.29, 1.82) is 0 Å². The molecule has 0 atom stereocenters. The third-order valence-electron chi connectivity index (χ3n) is 1.85. The van der Waals surface area contributed by atoms with Gasteiger partial charge in [-0.1, -0.05) is 0 Å². The van der Waals surface area contributed by atoms with Crippen molar-refractivity contribution in [3.8, 4) is 0 Å². The lowest BCUT2D eigenvalue weighted by Crippen LogP contribution is -2.22. The van der Waals surface area contributed by atoms with E-state index in [-0.39, 0.29) is 6.42 Å². The average Bonchev–Trinajstić information content (AvgIpc) is 2.29. The molecule has 0 amide bonds. The van der Waals surface area contributed by atoms with Gasteiger partial charge < -0.3 is 9.90 Å². The molecular formula is C9H13N2O2-. The number of hydrogen-bond acceptors (Lipinski definition) is 3. The monoisotopic (exact) mass is 181 g/mol. The average molecular weight is 181 g/mol. The number of nitrogens with zero attached hydrogens (tertiary/aromatic N) is 2. The van der Waals surface area contributed by atoms with Gasteiger partial charge in [0.1, 0.15) is 0 Å². The summed E-state index contributed by atoms with van der Waals surface area (Å²) < 4.78 is 1.82. The van der Waals surface area contributed by atoms with Crippen molar-refractivity contribution < 1.29 is 9.90 Å². The molecule has 0 N–H and O–H groups in total. The van der Waals surface area contributed by atoms with Crippen LogP contribution in [0.25, 0.3) is 0 Å². The van der Waals surface area contributed by atoms with Crippen molar-refractivity contribution in [3.63, 3.8) is 0 Å². The number of aryl methyl sites for hydroxylation is 3. The summed E-state index contributed by atoms with van der Waals surface area (Å²) in [4.78, 5) is 10.1. The maximum Gasteiger partial charge on any atom is 0.0596 e. The summed E-state index contributed by atoms with van der Waals surface area (Å²) in [6.45, 7) is 4.52. The number of rotatable bonds is 4. The SMILES string of the molecule is Cc1cc(C)n(CCCC(=O)[O-])n1. The van der Waals surface area contributed by atoms with Crippen LogP contribution in [-0.4, -0.2) is 15.7 Å². The highest BCUT2D eigenvalue weighted by molar-refractivity contribution is 5.64. The largest absolute Gasteiger partial charge is 0.550 e. The summed E-state index contributed by atoms with van der Waals surface area (Å²) in [6, 6.07) is 1.97. The lowest BCUT2D eigenvalue weighted by molar-refractivity contribution is -0.305. The molecule has 0 saturated heterocycles. The van der Waals surface area contributed by atoms with Gasteiger partial charge in [-0.2, -0.15) is 5.10 Å². The molecule has 0 aliphatic carbocycles. The van der Waals surface area contributed by atoms with E-state index in [1.807, 2.05) is 24.6 Å². The van der Waals surface area contributed by atoms with Gasteiger partial charge in [0, 0.05) is 18.2 Å². The number of carboxylic acids is 1. The van der Waals surface area contributed by atoms with Gasteiger partial charge in [0.15, 0.2) is 0 Å². The van der Waals surface area contributed by atoms with Gasteiger partial charge in [0.05, 0.1) is 5.69 Å². The van der Waals surface area contributed by atoms with Crippen LogP contribution in [0.2, 0.25) is 0 Å². The number of carbonyl (C=O) groups excluding carboxylic acids is 1. The van der Waals surface area contributed by atoms with Crippen LogP contribution in [0.3, 0.4) is 0 Å². The Labute approximate surface area is 77.2 Å². The van der Waals surface area contributed by atoms with Crippen molar-refractivity contribution in [2.45, 2.75) is 33.2 Å². The normalized spacial score (nSPS) is 10.3. The third-order valence-corrected chi connectivity index (χ3v) is 1.85. The van der Waals surface area contributed by atoms with E-state index in [2.05, 4.69) is 5.10 Å². The number of hydrogen-bond donors (Lipinski definition) is 0. The molecule has 0 spiro atoms. The van der Waals surface area contributed by atoms with E-state index in [0.717, 1.165) is 11.4 Å². The zero-order valence-corrected chi connectivity index (χ0v) is 7.91. The van der Waals surface area contributed by atoms with Crippen molar-refractivity contribution in [2.75, 3.05) is 0 Å². The molecule has 0 unspecified atom stereocenters. The molecular weight excluding hydrogens is 168 g/mol. The van der Waals surface area contributed by atoms with Crippen LogP contribution in [0.15, 0.2) is 6.07 Å². The van der Waals surface area contributed by atoms with E-state index in [1.54, 1.807) is 0 Å². The summed E-state index contributed by atoms with van der Waals surface area (Å²) in [5, 5.41) is 14.3. The molecule has 13 heavy (non-hydrogen) atoms. The van der Waals surface area contributed by atoms with Gasteiger partial charge in [-0.15, -0.1) is 0 Å². The van der Waals surface area contributed by atoms with Crippen molar-refractivity contribution in [3.05, 3.63) is 17.5 Å². The van der Waals surface area contributed by atoms with Gasteiger partial charge in [0.25, 0.3) is 0 Å². The fourth-order valence-electron chi connectivity index (χ4n) is 1.27. The molecule has 0 fully saturated rings. The second kappa shape index (κ2) is 4.07. The van der Waals surface area contributed by atoms with E-state index in [0.29, 0.717) is 13.0 Å². The first-order valence-corrected chi connectivity index (χ1v) is 4.30. The Kier molecular flexibility index (Phi) is 3.06. The van der Waals surface area contributed by atoms with Gasteiger partial charge in [-0.05, 0) is 32.8 Å². The van der Waals surface area contributed by atoms with Gasteiger partial charge in [0.2, 0.25) is 0 Å². The first-order chi connectivity index (χ1) is 6.09. The van der Waals surface area contributed by atoms with E-state index < -0.39 is 5.97 Å². The van der Waals surface area contributed by atoms with Crippen LogP contribution >= 0.6 is 0 Å². The van der Waals surface area contributed by atoms with Gasteiger partial charge in [-0.25, -0.2) is 0 Å². The van der Waals surface area contributed by atoms with Crippen molar-refractivity contribution >= 4 is 5.97 Å². The standard InChI is InChI=1S/C9H14N2O2/c1-7-6-8(2)11(10-7)5-3-4-9(12)13/h6H,3-5H2,1-2H3,(H,12,13)/p-1. The van der Waals surface area contributed by atoms with Crippen molar-refractivity contribution in [1.82, 2.24) is 9.78 Å². The molecule has 0 aliphatic rings. The van der Waals surface area contributed by atoms with Crippen LogP contribution in [-0.2, 0) is 11.3 Å². The first-order valence-electron chi connectivity index (χ1n) is 4.30. The second-order valence-electron chi connectivity index (χ2n) is 3.13. The highest BCUT2D eigenvalue weighted by Gasteiger charge is 1.99. The quantitative estimate of drug-likeness (QED) is 0.658. The highest BCUT2D eigenvalue weighted by atomic mass is 16.4. The van der Waals surface area contributed by atoms with Gasteiger partial charge >= 0.3 is 0 Å². The smallest absolute Gasteiger partial charge is 0.0596 e. The predicted octanol–water partition coefficient (Wildman–Crippen LogP) is 0.0300. The first kappa shape index (κ1) is 9.77. The lowest BCUT2D eigenvalue weighted by atomic mass is 10.3. The predicted molar refractivity (Wildman–Crippen MR) is 45.9 cm³/mol. The third kappa shape index (κ3) is 2.89. The van der Waals surface area contributed by atoms with Crippen molar-refractivity contribution in [2.24, 2.45) is 0 Å². The zero-order valence-electron chi connectivity index (χ0n) is 7.91. The Hall–Kier alpha value is -1.32. The minimum Gasteiger partial charge on any atom is -0.550 e. The maximum atomic E-state index is 10.1. The summed E-state index contributed by atoms with van der Waals surface area (Å²) >= 11 is 0. The molecule has 1 aromatic rings. The second-order valence-corrected chi connectivity index (χ2v) is 3.13. The van der Waals surface area contributed by atoms with E-state index in [9.17, 15) is 9.90 Å². The van der Waals surface area contributed by atoms with E-state index in [4.69, 9.17) is 0 Å². The molecule has 4 heteroatoms. The zero-order chi connectivity index (χ0) is 9.84. The Balaban J connectivity index is 2.45. The highest BCUT2D eigenvalue weighted by Crippen LogP contribution is 2.03. The molecule has 0 radical (unpaired) electrons. The Morgan fingerprint density at radius 3 is 2.77 bits per heavy atom. The van der Waals surface area contributed by atoms with Crippen LogP contribution in [0, 0.1) is 13.8 Å². The molecule has 0 aliphatic heterocycles. The molecule has 0 aromatic carbocycles. The van der Waals surface area contributed by atoms with Crippen LogP contribution in [0.5, 0.6) is 0 Å².